The number of hydrogen-bond acceptors (Lipinski definition) is 3. The normalized spacial score (nSPS) is 12.8. The highest BCUT2D eigenvalue weighted by Crippen LogP contribution is 2.00. The zero-order chi connectivity index (χ0) is 9.68. The Hall–Kier alpha value is -1.00. The summed E-state index contributed by atoms with van der Waals surface area (Å²) in [6, 6.07) is 2.93. The summed E-state index contributed by atoms with van der Waals surface area (Å²) >= 11 is 0. The summed E-state index contributed by atoms with van der Waals surface area (Å²) in [6.07, 6.45) is 1.79. The van der Waals surface area contributed by atoms with E-state index in [0.717, 1.165) is 5.69 Å². The van der Waals surface area contributed by atoms with Gasteiger partial charge in [0.1, 0.15) is 5.82 Å². The van der Waals surface area contributed by atoms with Crippen LogP contribution in [-0.2, 0) is 11.2 Å². The maximum Gasteiger partial charge on any atom is 0.141 e. The number of hydrogen-bond donors (Lipinski definition) is 1. The lowest BCUT2D eigenvalue weighted by atomic mass is 10.1. The van der Waals surface area contributed by atoms with Gasteiger partial charge in [0.05, 0.1) is 12.8 Å². The number of rotatable bonds is 4. The van der Waals surface area contributed by atoms with E-state index < -0.39 is 0 Å². The molecule has 1 heterocycles. The Bertz CT molecular complexity index is 250. The van der Waals surface area contributed by atoms with Gasteiger partial charge in [-0.25, -0.2) is 4.39 Å². The second-order valence-electron chi connectivity index (χ2n) is 2.89. The Kier molecular flexibility index (Phi) is 3.79. The summed E-state index contributed by atoms with van der Waals surface area (Å²) in [5.41, 5.74) is 6.48. The van der Waals surface area contributed by atoms with Gasteiger partial charge >= 0.3 is 0 Å². The van der Waals surface area contributed by atoms with Crippen LogP contribution >= 0.6 is 0 Å². The fourth-order valence-corrected chi connectivity index (χ4v) is 1.07. The largest absolute Gasteiger partial charge is 0.383 e. The van der Waals surface area contributed by atoms with Crippen molar-refractivity contribution in [3.05, 3.63) is 29.8 Å². The van der Waals surface area contributed by atoms with Gasteiger partial charge in [0.2, 0.25) is 0 Å². The molecule has 0 saturated carbocycles. The average molecular weight is 184 g/mol. The van der Waals surface area contributed by atoms with Crippen molar-refractivity contribution < 1.29 is 9.13 Å². The van der Waals surface area contributed by atoms with Crippen molar-refractivity contribution in [1.29, 1.82) is 0 Å². The molecule has 0 saturated heterocycles. The number of pyridine rings is 1. The van der Waals surface area contributed by atoms with Crippen molar-refractivity contribution in [2.45, 2.75) is 12.5 Å². The molecule has 1 aromatic heterocycles. The highest BCUT2D eigenvalue weighted by molar-refractivity contribution is 5.06. The summed E-state index contributed by atoms with van der Waals surface area (Å²) in [4.78, 5) is 3.89. The van der Waals surface area contributed by atoms with E-state index in [0.29, 0.717) is 13.0 Å². The zero-order valence-corrected chi connectivity index (χ0v) is 7.53. The SMILES string of the molecule is COCC(N)Cc1ccc(F)cn1. The zero-order valence-electron chi connectivity index (χ0n) is 7.53. The smallest absolute Gasteiger partial charge is 0.141 e. The van der Waals surface area contributed by atoms with Crippen LogP contribution in [0.5, 0.6) is 0 Å². The van der Waals surface area contributed by atoms with Gasteiger partial charge < -0.3 is 10.5 Å². The topological polar surface area (TPSA) is 48.1 Å². The Morgan fingerprint density at radius 1 is 1.62 bits per heavy atom. The number of nitrogens with zero attached hydrogens (tertiary/aromatic N) is 1. The minimum Gasteiger partial charge on any atom is -0.383 e. The lowest BCUT2D eigenvalue weighted by Gasteiger charge is -2.08. The van der Waals surface area contributed by atoms with Crippen LogP contribution in [-0.4, -0.2) is 24.7 Å². The van der Waals surface area contributed by atoms with Crippen LogP contribution in [0.3, 0.4) is 0 Å². The van der Waals surface area contributed by atoms with Crippen molar-refractivity contribution in [1.82, 2.24) is 4.98 Å². The van der Waals surface area contributed by atoms with Crippen molar-refractivity contribution in [2.24, 2.45) is 5.73 Å². The minimum absolute atomic E-state index is 0.0806. The van der Waals surface area contributed by atoms with E-state index in [1.165, 1.54) is 12.3 Å². The van der Waals surface area contributed by atoms with Crippen molar-refractivity contribution in [3.63, 3.8) is 0 Å². The molecule has 1 aromatic rings. The van der Waals surface area contributed by atoms with Crippen LogP contribution in [0.25, 0.3) is 0 Å². The molecule has 72 valence electrons. The first kappa shape index (κ1) is 10.1. The molecule has 1 unspecified atom stereocenters. The third-order valence-electron chi connectivity index (χ3n) is 1.64. The maximum absolute atomic E-state index is 12.5. The monoisotopic (exact) mass is 184 g/mol. The van der Waals surface area contributed by atoms with E-state index in [-0.39, 0.29) is 11.9 Å². The molecule has 0 aromatic carbocycles. The van der Waals surface area contributed by atoms with Gasteiger partial charge in [0, 0.05) is 25.3 Å². The molecular weight excluding hydrogens is 171 g/mol. The van der Waals surface area contributed by atoms with Crippen LogP contribution in [0.4, 0.5) is 4.39 Å². The maximum atomic E-state index is 12.5. The van der Waals surface area contributed by atoms with Crippen molar-refractivity contribution in [2.75, 3.05) is 13.7 Å². The summed E-state index contributed by atoms with van der Waals surface area (Å²) in [6.45, 7) is 0.485. The van der Waals surface area contributed by atoms with E-state index in [9.17, 15) is 4.39 Å². The molecule has 4 heteroatoms. The molecule has 0 spiro atoms. The average Bonchev–Trinajstić information content (AvgIpc) is 2.09. The van der Waals surface area contributed by atoms with Gasteiger partial charge in [-0.2, -0.15) is 0 Å². The van der Waals surface area contributed by atoms with Gasteiger partial charge in [-0.1, -0.05) is 0 Å². The highest BCUT2D eigenvalue weighted by Gasteiger charge is 2.04. The fourth-order valence-electron chi connectivity index (χ4n) is 1.07. The van der Waals surface area contributed by atoms with E-state index in [1.54, 1.807) is 13.2 Å². The van der Waals surface area contributed by atoms with Gasteiger partial charge in [-0.15, -0.1) is 0 Å². The van der Waals surface area contributed by atoms with Crippen LogP contribution in [0.1, 0.15) is 5.69 Å². The molecule has 0 fully saturated rings. The third kappa shape index (κ3) is 3.48. The molecule has 1 atom stereocenters. The quantitative estimate of drug-likeness (QED) is 0.750. The second kappa shape index (κ2) is 4.89. The number of methoxy groups -OCH3 is 1. The van der Waals surface area contributed by atoms with Crippen LogP contribution < -0.4 is 5.73 Å². The molecule has 2 N–H and O–H groups in total. The molecule has 3 nitrogen and oxygen atoms in total. The van der Waals surface area contributed by atoms with Crippen LogP contribution in [0.2, 0.25) is 0 Å². The van der Waals surface area contributed by atoms with E-state index in [1.807, 2.05) is 0 Å². The molecule has 0 aliphatic rings. The number of halogens is 1. The van der Waals surface area contributed by atoms with Gasteiger partial charge in [-0.3, -0.25) is 4.98 Å². The first-order chi connectivity index (χ1) is 6.22. The van der Waals surface area contributed by atoms with E-state index in [2.05, 4.69) is 4.98 Å². The molecular formula is C9H13FN2O. The predicted molar refractivity (Wildman–Crippen MR) is 47.8 cm³/mol. The summed E-state index contributed by atoms with van der Waals surface area (Å²) < 4.78 is 17.3. The first-order valence-corrected chi connectivity index (χ1v) is 4.07. The lowest BCUT2D eigenvalue weighted by molar-refractivity contribution is 0.179. The van der Waals surface area contributed by atoms with Crippen LogP contribution in [0, 0.1) is 5.82 Å². The van der Waals surface area contributed by atoms with Gasteiger partial charge in [0.25, 0.3) is 0 Å². The molecule has 0 radical (unpaired) electrons. The predicted octanol–water partition coefficient (Wildman–Crippen LogP) is 0.737. The van der Waals surface area contributed by atoms with E-state index in [4.69, 9.17) is 10.5 Å². The molecule has 0 aliphatic heterocycles. The van der Waals surface area contributed by atoms with Gasteiger partial charge in [0.15, 0.2) is 0 Å². The number of ether oxygens (including phenoxy) is 1. The van der Waals surface area contributed by atoms with Crippen molar-refractivity contribution in [3.8, 4) is 0 Å². The van der Waals surface area contributed by atoms with E-state index >= 15 is 0 Å². The lowest BCUT2D eigenvalue weighted by Crippen LogP contribution is -2.28. The first-order valence-electron chi connectivity index (χ1n) is 4.07. The second-order valence-corrected chi connectivity index (χ2v) is 2.89. The third-order valence-corrected chi connectivity index (χ3v) is 1.64. The molecule has 0 bridgehead atoms. The molecule has 1 rings (SSSR count). The fraction of sp³-hybridized carbons (Fsp3) is 0.444. The minimum atomic E-state index is -0.330. The van der Waals surface area contributed by atoms with Crippen molar-refractivity contribution >= 4 is 0 Å². The standard InChI is InChI=1S/C9H13FN2O/c1-13-6-8(11)4-9-3-2-7(10)5-12-9/h2-3,5,8H,4,6,11H2,1H3. The Morgan fingerprint density at radius 2 is 2.38 bits per heavy atom. The Labute approximate surface area is 76.7 Å². The summed E-state index contributed by atoms with van der Waals surface area (Å²) in [5.74, 6) is -0.330. The Balaban J connectivity index is 2.49. The molecule has 13 heavy (non-hydrogen) atoms. The van der Waals surface area contributed by atoms with Crippen LogP contribution in [0.15, 0.2) is 18.3 Å². The summed E-state index contributed by atoms with van der Waals surface area (Å²) in [5, 5.41) is 0. The van der Waals surface area contributed by atoms with Gasteiger partial charge in [-0.05, 0) is 12.1 Å². The highest BCUT2D eigenvalue weighted by atomic mass is 19.1. The molecule has 0 aliphatic carbocycles. The number of aromatic nitrogens is 1. The molecule has 0 amide bonds. The Morgan fingerprint density at radius 3 is 2.92 bits per heavy atom. The number of nitrogens with two attached hydrogens (primary N) is 1. The summed E-state index contributed by atoms with van der Waals surface area (Å²) in [7, 11) is 1.60.